The predicted molar refractivity (Wildman–Crippen MR) is 131 cm³/mol. The largest absolute Gasteiger partial charge is 0.497 e. The zero-order valence-electron chi connectivity index (χ0n) is 19.9. The second-order valence-corrected chi connectivity index (χ2v) is 10.0. The van der Waals surface area contributed by atoms with Crippen LogP contribution in [-0.4, -0.2) is 34.5 Å². The van der Waals surface area contributed by atoms with E-state index in [-0.39, 0.29) is 17.1 Å². The average molecular weight is 521 g/mol. The fraction of sp³-hybridized carbons (Fsp3) is 0.269. The number of aryl methyl sites for hydroxylation is 2. The van der Waals surface area contributed by atoms with E-state index in [1.165, 1.54) is 18.2 Å². The van der Waals surface area contributed by atoms with Crippen LogP contribution in [0.1, 0.15) is 23.1 Å². The molecule has 0 aliphatic carbocycles. The normalized spacial score (nSPS) is 11.7. The van der Waals surface area contributed by atoms with E-state index >= 15 is 0 Å². The number of hydrogen-bond acceptors (Lipinski definition) is 4. The molecule has 0 atom stereocenters. The molecule has 0 unspecified atom stereocenters. The first-order valence-corrected chi connectivity index (χ1v) is 12.6. The van der Waals surface area contributed by atoms with Gasteiger partial charge in [0.2, 0.25) is 5.91 Å². The van der Waals surface area contributed by atoms with Gasteiger partial charge in [-0.3, -0.25) is 9.10 Å². The van der Waals surface area contributed by atoms with Crippen molar-refractivity contribution in [2.75, 3.05) is 24.5 Å². The van der Waals surface area contributed by atoms with Gasteiger partial charge in [-0.05, 0) is 67.8 Å². The van der Waals surface area contributed by atoms with Crippen molar-refractivity contribution in [3.63, 3.8) is 0 Å². The van der Waals surface area contributed by atoms with Gasteiger partial charge in [-0.1, -0.05) is 35.9 Å². The zero-order valence-corrected chi connectivity index (χ0v) is 20.7. The van der Waals surface area contributed by atoms with Gasteiger partial charge >= 0.3 is 6.18 Å². The third-order valence-electron chi connectivity index (χ3n) is 5.48. The maximum absolute atomic E-state index is 13.4. The predicted octanol–water partition coefficient (Wildman–Crippen LogP) is 4.97. The number of benzene rings is 3. The number of hydrogen-bond donors (Lipinski definition) is 1. The molecule has 0 heterocycles. The number of anilines is 1. The van der Waals surface area contributed by atoms with Gasteiger partial charge in [-0.25, -0.2) is 8.42 Å². The highest BCUT2D eigenvalue weighted by Gasteiger charge is 2.33. The van der Waals surface area contributed by atoms with E-state index in [1.807, 2.05) is 24.3 Å². The van der Waals surface area contributed by atoms with E-state index in [0.29, 0.717) is 17.1 Å². The van der Waals surface area contributed by atoms with E-state index in [0.717, 1.165) is 35.1 Å². The van der Waals surface area contributed by atoms with Crippen LogP contribution in [0.25, 0.3) is 0 Å². The first-order valence-electron chi connectivity index (χ1n) is 11.2. The molecule has 6 nitrogen and oxygen atoms in total. The molecule has 10 heteroatoms. The lowest BCUT2D eigenvalue weighted by molar-refractivity contribution is -0.137. The van der Waals surface area contributed by atoms with E-state index < -0.39 is 34.2 Å². The van der Waals surface area contributed by atoms with Crippen LogP contribution in [0, 0.1) is 6.92 Å². The molecule has 1 amide bonds. The molecular weight excluding hydrogens is 493 g/mol. The Labute approximate surface area is 208 Å². The Morgan fingerprint density at radius 2 is 1.67 bits per heavy atom. The molecule has 0 radical (unpaired) electrons. The average Bonchev–Trinajstić information content (AvgIpc) is 2.85. The smallest absolute Gasteiger partial charge is 0.416 e. The van der Waals surface area contributed by atoms with Gasteiger partial charge in [0.25, 0.3) is 10.0 Å². The molecule has 0 saturated heterocycles. The van der Waals surface area contributed by atoms with Gasteiger partial charge in [0.1, 0.15) is 12.3 Å². The van der Waals surface area contributed by atoms with Gasteiger partial charge in [0.15, 0.2) is 0 Å². The maximum Gasteiger partial charge on any atom is 0.416 e. The fourth-order valence-electron chi connectivity index (χ4n) is 3.49. The van der Waals surface area contributed by atoms with Gasteiger partial charge in [0.05, 0.1) is 23.3 Å². The molecule has 3 aromatic carbocycles. The minimum absolute atomic E-state index is 0.127. The minimum Gasteiger partial charge on any atom is -0.497 e. The summed E-state index contributed by atoms with van der Waals surface area (Å²) in [4.78, 5) is 12.6. The van der Waals surface area contributed by atoms with Crippen LogP contribution in [0.3, 0.4) is 0 Å². The molecular formula is C26H27F3N2O4S. The number of methoxy groups -OCH3 is 1. The second kappa shape index (κ2) is 11.5. The van der Waals surface area contributed by atoms with Crippen LogP contribution < -0.4 is 14.4 Å². The first-order chi connectivity index (χ1) is 17.0. The van der Waals surface area contributed by atoms with E-state index in [2.05, 4.69) is 5.32 Å². The van der Waals surface area contributed by atoms with Crippen LogP contribution in [-0.2, 0) is 27.4 Å². The number of rotatable bonds is 10. The van der Waals surface area contributed by atoms with Crippen molar-refractivity contribution in [1.82, 2.24) is 5.32 Å². The van der Waals surface area contributed by atoms with Crippen LogP contribution in [0.15, 0.2) is 77.7 Å². The number of halogens is 3. The van der Waals surface area contributed by atoms with E-state index in [1.54, 1.807) is 26.2 Å². The molecule has 0 saturated carbocycles. The lowest BCUT2D eigenvalue weighted by Crippen LogP contribution is -2.41. The summed E-state index contributed by atoms with van der Waals surface area (Å²) in [6, 6.07) is 17.3. The van der Waals surface area contributed by atoms with Gasteiger partial charge in [0, 0.05) is 6.54 Å². The van der Waals surface area contributed by atoms with Crippen molar-refractivity contribution in [3.8, 4) is 5.75 Å². The molecule has 36 heavy (non-hydrogen) atoms. The lowest BCUT2D eigenvalue weighted by atomic mass is 10.1. The summed E-state index contributed by atoms with van der Waals surface area (Å²) in [6.45, 7) is 1.38. The number of amides is 1. The summed E-state index contributed by atoms with van der Waals surface area (Å²) in [7, 11) is -2.74. The fourth-order valence-corrected chi connectivity index (χ4v) is 4.90. The topological polar surface area (TPSA) is 75.7 Å². The number of nitrogens with one attached hydrogen (secondary N) is 1. The molecule has 1 N–H and O–H groups in total. The van der Waals surface area contributed by atoms with Crippen molar-refractivity contribution in [2.45, 2.75) is 30.8 Å². The van der Waals surface area contributed by atoms with Crippen molar-refractivity contribution >= 4 is 21.6 Å². The molecule has 0 aromatic heterocycles. The first kappa shape index (κ1) is 27.1. The second-order valence-electron chi connectivity index (χ2n) is 8.17. The van der Waals surface area contributed by atoms with Gasteiger partial charge in [-0.2, -0.15) is 13.2 Å². The summed E-state index contributed by atoms with van der Waals surface area (Å²) in [6.07, 6.45) is -3.41. The van der Waals surface area contributed by atoms with Crippen LogP contribution in [0.2, 0.25) is 0 Å². The Morgan fingerprint density at radius 1 is 1.00 bits per heavy atom. The highest BCUT2D eigenvalue weighted by molar-refractivity contribution is 7.92. The lowest BCUT2D eigenvalue weighted by Gasteiger charge is -2.25. The molecule has 0 fully saturated rings. The Balaban J connectivity index is 1.76. The third-order valence-corrected chi connectivity index (χ3v) is 7.27. The summed E-state index contributed by atoms with van der Waals surface area (Å²) in [5, 5.41) is 2.66. The maximum atomic E-state index is 13.4. The zero-order chi connectivity index (χ0) is 26.3. The Hall–Kier alpha value is -3.53. The van der Waals surface area contributed by atoms with E-state index in [4.69, 9.17) is 4.74 Å². The molecule has 3 aromatic rings. The molecule has 3 rings (SSSR count). The molecule has 192 valence electrons. The summed E-state index contributed by atoms with van der Waals surface area (Å²) in [5.74, 6) is 0.106. The number of nitrogens with zero attached hydrogens (tertiary/aromatic N) is 1. The quantitative estimate of drug-likeness (QED) is 0.383. The van der Waals surface area contributed by atoms with Crippen LogP contribution in [0.5, 0.6) is 5.75 Å². The SMILES string of the molecule is COc1ccc(CCCNC(=O)CN(c2cccc(C(F)(F)F)c2)S(=O)(=O)c2ccc(C)cc2)cc1. The summed E-state index contributed by atoms with van der Waals surface area (Å²) < 4.78 is 72.4. The van der Waals surface area contributed by atoms with E-state index in [9.17, 15) is 26.4 Å². The van der Waals surface area contributed by atoms with Crippen molar-refractivity contribution < 1.29 is 31.1 Å². The van der Waals surface area contributed by atoms with Crippen LogP contribution >= 0.6 is 0 Å². The number of alkyl halides is 3. The minimum atomic E-state index is -4.67. The Bertz CT molecular complexity index is 1280. The summed E-state index contributed by atoms with van der Waals surface area (Å²) >= 11 is 0. The van der Waals surface area contributed by atoms with Crippen molar-refractivity contribution in [3.05, 3.63) is 89.5 Å². The summed E-state index contributed by atoms with van der Waals surface area (Å²) in [5.41, 5.74) is 0.592. The molecule has 0 aliphatic heterocycles. The highest BCUT2D eigenvalue weighted by Crippen LogP contribution is 2.33. The number of carbonyl (C=O) groups excluding carboxylic acids is 1. The van der Waals surface area contributed by atoms with Crippen LogP contribution in [0.4, 0.5) is 18.9 Å². The monoisotopic (exact) mass is 520 g/mol. The Morgan fingerprint density at radius 3 is 2.28 bits per heavy atom. The number of ether oxygens (including phenoxy) is 1. The third kappa shape index (κ3) is 7.00. The van der Waals surface area contributed by atoms with Gasteiger partial charge in [-0.15, -0.1) is 0 Å². The molecule has 0 bridgehead atoms. The molecule has 0 aliphatic rings. The highest BCUT2D eigenvalue weighted by atomic mass is 32.2. The molecule has 0 spiro atoms. The van der Waals surface area contributed by atoms with Gasteiger partial charge < -0.3 is 10.1 Å². The standard InChI is InChI=1S/C26H27F3N2O4S/c1-19-8-14-24(15-9-19)36(33,34)31(22-7-3-6-21(17-22)26(27,28)29)18-25(32)30-16-4-5-20-10-12-23(35-2)13-11-20/h3,6-15,17H,4-5,16,18H2,1-2H3,(H,30,32). The number of sulfonamides is 1. The Kier molecular flexibility index (Phi) is 8.62. The van der Waals surface area contributed by atoms with Crippen molar-refractivity contribution in [2.24, 2.45) is 0 Å². The van der Waals surface area contributed by atoms with Crippen molar-refractivity contribution in [1.29, 1.82) is 0 Å². The number of carbonyl (C=O) groups is 1.